The molecule has 0 saturated heterocycles. The molecule has 26 heavy (non-hydrogen) atoms. The summed E-state index contributed by atoms with van der Waals surface area (Å²) in [7, 11) is 1.35. The van der Waals surface area contributed by atoms with E-state index >= 15 is 0 Å². The third-order valence-electron chi connectivity index (χ3n) is 4.46. The standard InChI is InChI=1S/C20H29NO5/c1-20(2,3)26-19(24)21(16-9-11-17(22)12-10-16)13-14-5-7-15(8-6-14)18(23)25-4/h5-8,16-17,22H,9-13H2,1-4H3. The first-order chi connectivity index (χ1) is 12.2. The fraction of sp³-hybridized carbons (Fsp3) is 0.600. The van der Waals surface area contributed by atoms with Crippen molar-refractivity contribution in [3.05, 3.63) is 35.4 Å². The maximum Gasteiger partial charge on any atom is 0.410 e. The lowest BCUT2D eigenvalue weighted by molar-refractivity contribution is 0.00268. The van der Waals surface area contributed by atoms with Crippen LogP contribution in [0.5, 0.6) is 0 Å². The van der Waals surface area contributed by atoms with Crippen molar-refractivity contribution in [3.8, 4) is 0 Å². The molecule has 1 aromatic carbocycles. The lowest BCUT2D eigenvalue weighted by Crippen LogP contribution is -2.45. The van der Waals surface area contributed by atoms with E-state index in [9.17, 15) is 14.7 Å². The normalized spacial score (nSPS) is 20.3. The predicted molar refractivity (Wildman–Crippen MR) is 97.8 cm³/mol. The van der Waals surface area contributed by atoms with Crippen LogP contribution < -0.4 is 0 Å². The SMILES string of the molecule is COC(=O)c1ccc(CN(C(=O)OC(C)(C)C)C2CCC(O)CC2)cc1. The van der Waals surface area contributed by atoms with Crippen molar-refractivity contribution < 1.29 is 24.2 Å². The molecule has 0 bridgehead atoms. The second kappa shape index (κ2) is 8.54. The largest absolute Gasteiger partial charge is 0.465 e. The quantitative estimate of drug-likeness (QED) is 0.829. The monoisotopic (exact) mass is 363 g/mol. The Hall–Kier alpha value is -2.08. The van der Waals surface area contributed by atoms with Crippen LogP contribution in [0, 0.1) is 0 Å². The minimum absolute atomic E-state index is 0.0357. The molecule has 0 heterocycles. The van der Waals surface area contributed by atoms with Crippen LogP contribution in [0.15, 0.2) is 24.3 Å². The van der Waals surface area contributed by atoms with Gasteiger partial charge in [-0.2, -0.15) is 0 Å². The number of carbonyl (C=O) groups excluding carboxylic acids is 2. The average molecular weight is 363 g/mol. The van der Waals surface area contributed by atoms with Crippen molar-refractivity contribution in [2.24, 2.45) is 0 Å². The molecule has 1 saturated carbocycles. The highest BCUT2D eigenvalue weighted by atomic mass is 16.6. The van der Waals surface area contributed by atoms with E-state index in [4.69, 9.17) is 9.47 Å². The maximum absolute atomic E-state index is 12.7. The van der Waals surface area contributed by atoms with E-state index < -0.39 is 5.60 Å². The zero-order valence-electron chi connectivity index (χ0n) is 16.0. The van der Waals surface area contributed by atoms with Crippen LogP contribution in [0.1, 0.15) is 62.4 Å². The van der Waals surface area contributed by atoms with Crippen LogP contribution >= 0.6 is 0 Å². The molecule has 1 fully saturated rings. The fourth-order valence-corrected chi connectivity index (χ4v) is 3.09. The molecule has 1 aromatic rings. The number of hydrogen-bond donors (Lipinski definition) is 1. The Morgan fingerprint density at radius 1 is 1.12 bits per heavy atom. The number of aliphatic hydroxyl groups excluding tert-OH is 1. The molecule has 1 N–H and O–H groups in total. The number of carbonyl (C=O) groups is 2. The Morgan fingerprint density at radius 3 is 2.19 bits per heavy atom. The topological polar surface area (TPSA) is 76.1 Å². The smallest absolute Gasteiger partial charge is 0.410 e. The van der Waals surface area contributed by atoms with Crippen LogP contribution in [0.2, 0.25) is 0 Å². The van der Waals surface area contributed by atoms with E-state index in [1.807, 2.05) is 32.9 Å². The van der Waals surface area contributed by atoms with Crippen LogP contribution in [0.3, 0.4) is 0 Å². The summed E-state index contributed by atoms with van der Waals surface area (Å²) in [6.45, 7) is 5.94. The van der Waals surface area contributed by atoms with Crippen molar-refractivity contribution in [2.45, 2.75) is 70.7 Å². The summed E-state index contributed by atoms with van der Waals surface area (Å²) in [6.07, 6.45) is 2.24. The van der Waals surface area contributed by atoms with Gasteiger partial charge in [-0.1, -0.05) is 12.1 Å². The third-order valence-corrected chi connectivity index (χ3v) is 4.46. The molecule has 2 rings (SSSR count). The lowest BCUT2D eigenvalue weighted by atomic mass is 9.92. The predicted octanol–water partition coefficient (Wildman–Crippen LogP) is 3.51. The molecular formula is C20H29NO5. The number of methoxy groups -OCH3 is 1. The van der Waals surface area contributed by atoms with Gasteiger partial charge >= 0.3 is 12.1 Å². The Balaban J connectivity index is 2.15. The van der Waals surface area contributed by atoms with Gasteiger partial charge in [0.25, 0.3) is 0 Å². The van der Waals surface area contributed by atoms with Crippen LogP contribution in [-0.4, -0.2) is 46.9 Å². The number of rotatable bonds is 4. The van der Waals surface area contributed by atoms with Gasteiger partial charge in [-0.25, -0.2) is 9.59 Å². The minimum Gasteiger partial charge on any atom is -0.465 e. The molecule has 144 valence electrons. The van der Waals surface area contributed by atoms with Gasteiger partial charge < -0.3 is 19.5 Å². The van der Waals surface area contributed by atoms with E-state index in [2.05, 4.69) is 0 Å². The summed E-state index contributed by atoms with van der Waals surface area (Å²) in [5, 5.41) is 9.75. The van der Waals surface area contributed by atoms with Crippen LogP contribution in [0.4, 0.5) is 4.79 Å². The van der Waals surface area contributed by atoms with Crippen molar-refractivity contribution in [2.75, 3.05) is 7.11 Å². The van der Waals surface area contributed by atoms with Gasteiger partial charge in [0.2, 0.25) is 0 Å². The first-order valence-corrected chi connectivity index (χ1v) is 9.04. The number of nitrogens with zero attached hydrogens (tertiary/aromatic N) is 1. The Kier molecular flexibility index (Phi) is 6.64. The minimum atomic E-state index is -0.571. The molecule has 6 heteroatoms. The number of aliphatic hydroxyl groups is 1. The van der Waals surface area contributed by atoms with Crippen LogP contribution in [0.25, 0.3) is 0 Å². The molecule has 0 spiro atoms. The average Bonchev–Trinajstić information content (AvgIpc) is 2.59. The summed E-state index contributed by atoms with van der Waals surface area (Å²) in [5.41, 5.74) is 0.814. The second-order valence-electron chi connectivity index (χ2n) is 7.76. The first kappa shape index (κ1) is 20.2. The van der Waals surface area contributed by atoms with Crippen molar-refractivity contribution in [1.82, 2.24) is 4.90 Å². The highest BCUT2D eigenvalue weighted by Gasteiger charge is 2.31. The molecular weight excluding hydrogens is 334 g/mol. The van der Waals surface area contributed by atoms with Gasteiger partial charge in [-0.3, -0.25) is 0 Å². The number of hydrogen-bond acceptors (Lipinski definition) is 5. The zero-order chi connectivity index (χ0) is 19.3. The fourth-order valence-electron chi connectivity index (χ4n) is 3.09. The van der Waals surface area contributed by atoms with Crippen molar-refractivity contribution in [3.63, 3.8) is 0 Å². The van der Waals surface area contributed by atoms with Gasteiger partial charge in [0.1, 0.15) is 5.60 Å². The molecule has 1 aliphatic rings. The number of ether oxygens (including phenoxy) is 2. The molecule has 6 nitrogen and oxygen atoms in total. The Bertz CT molecular complexity index is 612. The highest BCUT2D eigenvalue weighted by molar-refractivity contribution is 5.89. The lowest BCUT2D eigenvalue weighted by Gasteiger charge is -2.36. The summed E-state index contributed by atoms with van der Waals surface area (Å²) in [4.78, 5) is 26.0. The van der Waals surface area contributed by atoms with Gasteiger partial charge in [0.05, 0.1) is 18.8 Å². The van der Waals surface area contributed by atoms with E-state index in [0.717, 1.165) is 18.4 Å². The van der Waals surface area contributed by atoms with Crippen molar-refractivity contribution >= 4 is 12.1 Å². The molecule has 0 aliphatic heterocycles. The van der Waals surface area contributed by atoms with E-state index in [1.54, 1.807) is 17.0 Å². The summed E-state index contributed by atoms with van der Waals surface area (Å²) >= 11 is 0. The Labute approximate surface area is 155 Å². The summed E-state index contributed by atoms with van der Waals surface area (Å²) in [5.74, 6) is -0.387. The molecule has 0 aromatic heterocycles. The summed E-state index contributed by atoms with van der Waals surface area (Å²) in [6, 6.07) is 7.06. The van der Waals surface area contributed by atoms with Gasteiger partial charge in [-0.05, 0) is 64.2 Å². The summed E-state index contributed by atoms with van der Waals surface area (Å²) < 4.78 is 10.3. The third kappa shape index (κ3) is 5.73. The number of benzene rings is 1. The zero-order valence-corrected chi connectivity index (χ0v) is 16.0. The van der Waals surface area contributed by atoms with Crippen molar-refractivity contribution in [1.29, 1.82) is 0 Å². The first-order valence-electron chi connectivity index (χ1n) is 9.04. The number of amides is 1. The maximum atomic E-state index is 12.7. The number of esters is 1. The van der Waals surface area contributed by atoms with Gasteiger partial charge in [0, 0.05) is 12.6 Å². The second-order valence-corrected chi connectivity index (χ2v) is 7.76. The molecule has 0 atom stereocenters. The Morgan fingerprint density at radius 2 is 1.69 bits per heavy atom. The molecule has 1 aliphatic carbocycles. The van der Waals surface area contributed by atoms with E-state index in [-0.39, 0.29) is 24.2 Å². The molecule has 0 radical (unpaired) electrons. The van der Waals surface area contributed by atoms with Gasteiger partial charge in [0.15, 0.2) is 0 Å². The molecule has 1 amide bonds. The van der Waals surface area contributed by atoms with Gasteiger partial charge in [-0.15, -0.1) is 0 Å². The van der Waals surface area contributed by atoms with E-state index in [1.165, 1.54) is 7.11 Å². The highest BCUT2D eigenvalue weighted by Crippen LogP contribution is 2.26. The van der Waals surface area contributed by atoms with E-state index in [0.29, 0.717) is 24.9 Å². The van der Waals surface area contributed by atoms with Crippen LogP contribution in [-0.2, 0) is 16.0 Å². The molecule has 0 unspecified atom stereocenters.